The number of pyridine rings is 1. The van der Waals surface area contributed by atoms with Crippen molar-refractivity contribution in [1.82, 2.24) is 4.98 Å². The summed E-state index contributed by atoms with van der Waals surface area (Å²) in [6.07, 6.45) is -2.49. The second-order valence-electron chi connectivity index (χ2n) is 2.24. The van der Waals surface area contributed by atoms with Gasteiger partial charge in [-0.15, -0.1) is 0 Å². The van der Waals surface area contributed by atoms with E-state index in [0.29, 0.717) is 6.29 Å². The molecule has 0 saturated heterocycles. The number of hydrogen-bond acceptors (Lipinski definition) is 2. The van der Waals surface area contributed by atoms with E-state index in [1.165, 1.54) is 0 Å². The summed E-state index contributed by atoms with van der Waals surface area (Å²) in [6, 6.07) is 0.833. The highest BCUT2D eigenvalue weighted by atomic mass is 79.9. The van der Waals surface area contributed by atoms with Gasteiger partial charge in [0.05, 0.1) is 15.9 Å². The summed E-state index contributed by atoms with van der Waals surface area (Å²) in [5.74, 6) is 0. The highest BCUT2D eigenvalue weighted by molar-refractivity contribution is 9.10. The molecule has 1 aromatic heterocycles. The molecule has 0 unspecified atom stereocenters. The number of halogens is 3. The third-order valence-electron chi connectivity index (χ3n) is 1.39. The van der Waals surface area contributed by atoms with E-state index < -0.39 is 17.4 Å². The van der Waals surface area contributed by atoms with Gasteiger partial charge in [-0.05, 0) is 15.9 Å². The predicted octanol–water partition coefficient (Wildman–Crippen LogP) is 1.89. The maximum Gasteiger partial charge on any atom is 0.270 e. The van der Waals surface area contributed by atoms with Crippen molar-refractivity contribution >= 4 is 22.2 Å². The van der Waals surface area contributed by atoms with Gasteiger partial charge in [-0.2, -0.15) is 0 Å². The number of rotatable bonds is 2. The molecule has 0 bridgehead atoms. The molecule has 0 atom stereocenters. The van der Waals surface area contributed by atoms with Gasteiger partial charge in [0.25, 0.3) is 6.43 Å². The van der Waals surface area contributed by atoms with Crippen LogP contribution in [0.4, 0.5) is 8.78 Å². The lowest BCUT2D eigenvalue weighted by molar-refractivity contribution is 0.111. The monoisotopic (exact) mass is 251 g/mol. The Hall–Kier alpha value is -1.04. The van der Waals surface area contributed by atoms with Gasteiger partial charge in [-0.25, -0.2) is 8.78 Å². The predicted molar refractivity (Wildman–Crippen MR) is 45.1 cm³/mol. The number of H-pyrrole nitrogens is 1. The van der Waals surface area contributed by atoms with Crippen LogP contribution < -0.4 is 5.43 Å². The van der Waals surface area contributed by atoms with E-state index in [0.717, 1.165) is 6.07 Å². The summed E-state index contributed by atoms with van der Waals surface area (Å²) in [6.45, 7) is 0. The second kappa shape index (κ2) is 3.78. The molecule has 0 fully saturated rings. The smallest absolute Gasteiger partial charge is 0.270 e. The number of alkyl halides is 2. The molecule has 0 spiro atoms. The zero-order valence-electron chi connectivity index (χ0n) is 6.18. The summed E-state index contributed by atoms with van der Waals surface area (Å²) in [4.78, 5) is 23.5. The van der Waals surface area contributed by atoms with Crippen molar-refractivity contribution in [2.75, 3.05) is 0 Å². The van der Waals surface area contributed by atoms with Crippen molar-refractivity contribution in [2.24, 2.45) is 0 Å². The Kier molecular flexibility index (Phi) is 2.92. The SMILES string of the molecule is O=Cc1cc(=O)c(C(F)F)c(Br)[nH]1. The number of aldehydes is 1. The van der Waals surface area contributed by atoms with Gasteiger partial charge in [0, 0.05) is 6.07 Å². The van der Waals surface area contributed by atoms with Crippen LogP contribution in [0.5, 0.6) is 0 Å². The molecule has 1 rings (SSSR count). The molecule has 1 heterocycles. The third kappa shape index (κ3) is 2.00. The van der Waals surface area contributed by atoms with Gasteiger partial charge >= 0.3 is 0 Å². The molecule has 1 aromatic rings. The van der Waals surface area contributed by atoms with Crippen molar-refractivity contribution in [3.05, 3.63) is 32.2 Å². The van der Waals surface area contributed by atoms with Crippen LogP contribution in [0.25, 0.3) is 0 Å². The average Bonchev–Trinajstić information content (AvgIpc) is 2.02. The number of carbonyl (C=O) groups is 1. The van der Waals surface area contributed by atoms with Crippen LogP contribution >= 0.6 is 15.9 Å². The number of hydrogen-bond donors (Lipinski definition) is 1. The number of aromatic amines is 1. The maximum atomic E-state index is 12.2. The molecule has 0 aromatic carbocycles. The largest absolute Gasteiger partial charge is 0.346 e. The molecular formula is C7H4BrF2NO2. The first-order valence-electron chi connectivity index (χ1n) is 3.22. The van der Waals surface area contributed by atoms with Crippen LogP contribution in [0.3, 0.4) is 0 Å². The van der Waals surface area contributed by atoms with Gasteiger partial charge in [-0.1, -0.05) is 0 Å². The number of aromatic nitrogens is 1. The fourth-order valence-electron chi connectivity index (χ4n) is 0.824. The van der Waals surface area contributed by atoms with Gasteiger partial charge in [0.15, 0.2) is 11.7 Å². The molecule has 1 N–H and O–H groups in total. The molecule has 0 saturated carbocycles. The number of nitrogens with one attached hydrogen (secondary N) is 1. The Morgan fingerprint density at radius 2 is 2.15 bits per heavy atom. The molecule has 0 radical (unpaired) electrons. The first-order valence-corrected chi connectivity index (χ1v) is 4.01. The minimum Gasteiger partial charge on any atom is -0.346 e. The molecule has 3 nitrogen and oxygen atoms in total. The second-order valence-corrected chi connectivity index (χ2v) is 3.03. The molecule has 0 aliphatic rings. The summed E-state index contributed by atoms with van der Waals surface area (Å²) in [7, 11) is 0. The minimum absolute atomic E-state index is 0.0405. The van der Waals surface area contributed by atoms with Crippen molar-refractivity contribution < 1.29 is 13.6 Å². The fraction of sp³-hybridized carbons (Fsp3) is 0.143. The summed E-state index contributed by atoms with van der Waals surface area (Å²) < 4.78 is 24.2. The molecule has 0 aliphatic heterocycles. The Labute approximate surface area is 79.9 Å². The first kappa shape index (κ1) is 10.0. The quantitative estimate of drug-likeness (QED) is 0.645. The van der Waals surface area contributed by atoms with Crippen LogP contribution in [0, 0.1) is 0 Å². The highest BCUT2D eigenvalue weighted by Crippen LogP contribution is 2.21. The van der Waals surface area contributed by atoms with E-state index >= 15 is 0 Å². The van der Waals surface area contributed by atoms with Crippen molar-refractivity contribution in [3.63, 3.8) is 0 Å². The molecule has 13 heavy (non-hydrogen) atoms. The van der Waals surface area contributed by atoms with Crippen LogP contribution in [-0.4, -0.2) is 11.3 Å². The lowest BCUT2D eigenvalue weighted by atomic mass is 10.2. The Balaban J connectivity index is 3.40. The Morgan fingerprint density at radius 3 is 2.54 bits per heavy atom. The Bertz CT molecular complexity index is 389. The molecule has 6 heteroatoms. The summed E-state index contributed by atoms with van der Waals surface area (Å²) in [5.41, 5.74) is -1.56. The van der Waals surface area contributed by atoms with E-state index in [1.54, 1.807) is 0 Å². The van der Waals surface area contributed by atoms with E-state index in [9.17, 15) is 18.4 Å². The van der Waals surface area contributed by atoms with Gasteiger partial charge < -0.3 is 4.98 Å². The van der Waals surface area contributed by atoms with Crippen LogP contribution in [0.15, 0.2) is 15.5 Å². The summed E-state index contributed by atoms with van der Waals surface area (Å²) in [5, 5.41) is 0. The normalized spacial score (nSPS) is 10.5. The van der Waals surface area contributed by atoms with E-state index in [4.69, 9.17) is 0 Å². The molecule has 0 aliphatic carbocycles. The fourth-order valence-corrected chi connectivity index (χ4v) is 1.42. The van der Waals surface area contributed by atoms with E-state index in [1.807, 2.05) is 0 Å². The molecule has 70 valence electrons. The topological polar surface area (TPSA) is 49.9 Å². The maximum absolute atomic E-state index is 12.2. The third-order valence-corrected chi connectivity index (χ3v) is 2.01. The van der Waals surface area contributed by atoms with Crippen LogP contribution in [0.2, 0.25) is 0 Å². The lowest BCUT2D eigenvalue weighted by Crippen LogP contribution is -2.12. The van der Waals surface area contributed by atoms with Crippen molar-refractivity contribution in [3.8, 4) is 0 Å². The summed E-state index contributed by atoms with van der Waals surface area (Å²) >= 11 is 2.74. The van der Waals surface area contributed by atoms with Crippen molar-refractivity contribution in [1.29, 1.82) is 0 Å². The highest BCUT2D eigenvalue weighted by Gasteiger charge is 2.16. The molecular weight excluding hydrogens is 248 g/mol. The van der Waals surface area contributed by atoms with Crippen LogP contribution in [-0.2, 0) is 0 Å². The van der Waals surface area contributed by atoms with E-state index in [-0.39, 0.29) is 10.3 Å². The van der Waals surface area contributed by atoms with Crippen molar-refractivity contribution in [2.45, 2.75) is 6.43 Å². The zero-order valence-corrected chi connectivity index (χ0v) is 7.77. The zero-order chi connectivity index (χ0) is 10.0. The van der Waals surface area contributed by atoms with Gasteiger partial charge in [-0.3, -0.25) is 9.59 Å². The van der Waals surface area contributed by atoms with Crippen LogP contribution in [0.1, 0.15) is 22.5 Å². The average molecular weight is 252 g/mol. The lowest BCUT2D eigenvalue weighted by Gasteiger charge is -2.02. The Morgan fingerprint density at radius 1 is 1.54 bits per heavy atom. The number of carbonyl (C=O) groups excluding carboxylic acids is 1. The van der Waals surface area contributed by atoms with Gasteiger partial charge in [0.1, 0.15) is 0 Å². The van der Waals surface area contributed by atoms with Gasteiger partial charge in [0.2, 0.25) is 0 Å². The molecule has 0 amide bonds. The standard InChI is InChI=1S/C7H4BrF2NO2/c8-6-5(7(9)10)4(13)1-3(2-12)11-6/h1-2,7H,(H,11,13). The minimum atomic E-state index is -2.86. The first-order chi connectivity index (χ1) is 6.06. The van der Waals surface area contributed by atoms with E-state index in [2.05, 4.69) is 20.9 Å².